The molecular formula is C12H8N6OS. The van der Waals surface area contributed by atoms with Crippen LogP contribution in [0.3, 0.4) is 0 Å². The van der Waals surface area contributed by atoms with E-state index in [4.69, 9.17) is 5.26 Å². The predicted octanol–water partition coefficient (Wildman–Crippen LogP) is 1.70. The lowest BCUT2D eigenvalue weighted by molar-refractivity contribution is -0.115. The lowest BCUT2D eigenvalue weighted by atomic mass is 10.2. The summed E-state index contributed by atoms with van der Waals surface area (Å²) in [7, 11) is 0. The largest absolute Gasteiger partial charge is 0.325 e. The summed E-state index contributed by atoms with van der Waals surface area (Å²) in [4.78, 5) is 12.2. The van der Waals surface area contributed by atoms with Crippen molar-refractivity contribution < 1.29 is 4.79 Å². The minimum Gasteiger partial charge on any atom is -0.325 e. The second-order valence-corrected chi connectivity index (χ2v) is 4.85. The van der Waals surface area contributed by atoms with Gasteiger partial charge in [-0.25, -0.2) is 0 Å². The number of fused-ring (bicyclic) bond motifs is 1. The summed E-state index contributed by atoms with van der Waals surface area (Å²) in [5.41, 5.74) is 1.41. The SMILES string of the molecule is N#CCC(=O)Nc1ccccc1-c1nn2cnnc2s1. The van der Waals surface area contributed by atoms with E-state index in [-0.39, 0.29) is 12.3 Å². The van der Waals surface area contributed by atoms with E-state index in [0.717, 1.165) is 10.6 Å². The molecule has 7 nitrogen and oxygen atoms in total. The molecule has 1 amide bonds. The molecule has 8 heteroatoms. The predicted molar refractivity (Wildman–Crippen MR) is 73.0 cm³/mol. The zero-order valence-corrected chi connectivity index (χ0v) is 11.0. The standard InChI is InChI=1S/C12H8N6OS/c13-6-5-10(19)15-9-4-2-1-3-8(9)11-17-18-7-14-16-12(18)20-11/h1-4,7H,5H2,(H,15,19). The van der Waals surface area contributed by atoms with Crippen molar-refractivity contribution in [3.63, 3.8) is 0 Å². The van der Waals surface area contributed by atoms with Gasteiger partial charge in [0.15, 0.2) is 0 Å². The number of nitrogens with one attached hydrogen (secondary N) is 1. The van der Waals surface area contributed by atoms with Crippen molar-refractivity contribution in [1.82, 2.24) is 19.8 Å². The van der Waals surface area contributed by atoms with Crippen molar-refractivity contribution in [3.05, 3.63) is 30.6 Å². The van der Waals surface area contributed by atoms with Crippen molar-refractivity contribution in [2.75, 3.05) is 5.32 Å². The molecule has 0 atom stereocenters. The third-order valence-electron chi connectivity index (χ3n) is 2.56. The molecule has 0 spiro atoms. The van der Waals surface area contributed by atoms with Gasteiger partial charge in [0.1, 0.15) is 17.8 Å². The molecule has 0 radical (unpaired) electrons. The number of rotatable bonds is 3. The van der Waals surface area contributed by atoms with Crippen molar-refractivity contribution in [1.29, 1.82) is 5.26 Å². The Morgan fingerprint density at radius 2 is 2.30 bits per heavy atom. The highest BCUT2D eigenvalue weighted by atomic mass is 32.1. The first-order chi connectivity index (χ1) is 9.78. The van der Waals surface area contributed by atoms with Gasteiger partial charge in [0.2, 0.25) is 10.9 Å². The third-order valence-corrected chi connectivity index (χ3v) is 3.50. The monoisotopic (exact) mass is 284 g/mol. The fraction of sp³-hybridized carbons (Fsp3) is 0.0833. The second kappa shape index (κ2) is 5.07. The van der Waals surface area contributed by atoms with Gasteiger partial charge >= 0.3 is 0 Å². The Kier molecular flexibility index (Phi) is 3.10. The number of hydrogen-bond donors (Lipinski definition) is 1. The van der Waals surface area contributed by atoms with E-state index < -0.39 is 0 Å². The number of carbonyl (C=O) groups excluding carboxylic acids is 1. The number of benzene rings is 1. The highest BCUT2D eigenvalue weighted by Gasteiger charge is 2.13. The summed E-state index contributed by atoms with van der Waals surface area (Å²) in [6.07, 6.45) is 1.34. The van der Waals surface area contributed by atoms with Crippen LogP contribution in [0.1, 0.15) is 6.42 Å². The summed E-state index contributed by atoms with van der Waals surface area (Å²) >= 11 is 1.37. The van der Waals surface area contributed by atoms with Gasteiger partial charge in [-0.1, -0.05) is 23.5 Å². The number of aromatic nitrogens is 4. The molecule has 0 saturated heterocycles. The molecule has 98 valence electrons. The normalized spacial score (nSPS) is 10.3. The van der Waals surface area contributed by atoms with Crippen LogP contribution in [-0.2, 0) is 4.79 Å². The number of hydrogen-bond acceptors (Lipinski definition) is 6. The molecule has 0 aliphatic carbocycles. The van der Waals surface area contributed by atoms with E-state index in [1.54, 1.807) is 10.6 Å². The Morgan fingerprint density at radius 3 is 3.10 bits per heavy atom. The number of anilines is 1. The highest BCUT2D eigenvalue weighted by molar-refractivity contribution is 7.19. The quantitative estimate of drug-likeness (QED) is 0.789. The Labute approximate surface area is 117 Å². The van der Waals surface area contributed by atoms with E-state index in [2.05, 4.69) is 20.6 Å². The topological polar surface area (TPSA) is 96.0 Å². The average Bonchev–Trinajstić information content (AvgIpc) is 3.00. The molecule has 2 heterocycles. The van der Waals surface area contributed by atoms with Crippen LogP contribution < -0.4 is 5.32 Å². The maximum atomic E-state index is 11.5. The lowest BCUT2D eigenvalue weighted by Gasteiger charge is -2.07. The molecule has 2 aromatic heterocycles. The molecule has 0 aliphatic rings. The fourth-order valence-corrected chi connectivity index (χ4v) is 2.57. The Hall–Kier alpha value is -2.79. The number of amides is 1. The Morgan fingerprint density at radius 1 is 1.45 bits per heavy atom. The van der Waals surface area contributed by atoms with Gasteiger partial charge in [0, 0.05) is 5.56 Å². The first-order valence-electron chi connectivity index (χ1n) is 5.71. The fourth-order valence-electron chi connectivity index (χ4n) is 1.71. The van der Waals surface area contributed by atoms with Crippen LogP contribution in [0, 0.1) is 11.3 Å². The summed E-state index contributed by atoms with van der Waals surface area (Å²) < 4.78 is 1.58. The maximum absolute atomic E-state index is 11.5. The van der Waals surface area contributed by atoms with Crippen LogP contribution in [0.15, 0.2) is 30.6 Å². The number of para-hydroxylation sites is 1. The minimum atomic E-state index is -0.344. The molecule has 3 aromatic rings. The van der Waals surface area contributed by atoms with Crippen molar-refractivity contribution >= 4 is 27.9 Å². The summed E-state index contributed by atoms with van der Waals surface area (Å²) in [5.74, 6) is -0.344. The van der Waals surface area contributed by atoms with Crippen molar-refractivity contribution in [3.8, 4) is 16.6 Å². The number of nitriles is 1. The molecule has 0 bridgehead atoms. The third kappa shape index (κ3) is 2.22. The smallest absolute Gasteiger partial charge is 0.238 e. The van der Waals surface area contributed by atoms with Gasteiger partial charge in [0.05, 0.1) is 11.8 Å². The van der Waals surface area contributed by atoms with Gasteiger partial charge in [-0.05, 0) is 12.1 Å². The summed E-state index contributed by atoms with van der Waals surface area (Å²) in [5, 5.41) is 24.0. The minimum absolute atomic E-state index is 0.181. The van der Waals surface area contributed by atoms with Crippen LogP contribution in [-0.4, -0.2) is 25.7 Å². The van der Waals surface area contributed by atoms with E-state index in [1.165, 1.54) is 17.7 Å². The summed E-state index contributed by atoms with van der Waals surface area (Å²) in [6.45, 7) is 0. The Bertz CT molecular complexity index is 786. The highest BCUT2D eigenvalue weighted by Crippen LogP contribution is 2.30. The van der Waals surface area contributed by atoms with Gasteiger partial charge in [-0.3, -0.25) is 4.79 Å². The number of nitrogens with zero attached hydrogens (tertiary/aromatic N) is 5. The van der Waals surface area contributed by atoms with Crippen molar-refractivity contribution in [2.45, 2.75) is 6.42 Å². The van der Waals surface area contributed by atoms with Gasteiger partial charge < -0.3 is 5.32 Å². The molecular weight excluding hydrogens is 276 g/mol. The van der Waals surface area contributed by atoms with Crippen LogP contribution in [0.25, 0.3) is 15.5 Å². The molecule has 1 N–H and O–H groups in total. The van der Waals surface area contributed by atoms with E-state index in [9.17, 15) is 4.79 Å². The molecule has 0 fully saturated rings. The van der Waals surface area contributed by atoms with Crippen LogP contribution >= 0.6 is 11.3 Å². The second-order valence-electron chi connectivity index (χ2n) is 3.89. The molecule has 0 aliphatic heterocycles. The first kappa shape index (κ1) is 12.3. The molecule has 0 saturated carbocycles. The van der Waals surface area contributed by atoms with Crippen molar-refractivity contribution in [2.24, 2.45) is 0 Å². The van der Waals surface area contributed by atoms with E-state index >= 15 is 0 Å². The molecule has 3 rings (SSSR count). The van der Waals surface area contributed by atoms with E-state index in [0.29, 0.717) is 10.6 Å². The zero-order valence-electron chi connectivity index (χ0n) is 10.1. The van der Waals surface area contributed by atoms with E-state index in [1.807, 2.05) is 24.3 Å². The van der Waals surface area contributed by atoms with Crippen LogP contribution in [0.2, 0.25) is 0 Å². The number of carbonyl (C=O) groups is 1. The lowest BCUT2D eigenvalue weighted by Crippen LogP contribution is -2.10. The molecule has 0 unspecified atom stereocenters. The van der Waals surface area contributed by atoms with Gasteiger partial charge in [-0.2, -0.15) is 14.9 Å². The Balaban J connectivity index is 1.99. The summed E-state index contributed by atoms with van der Waals surface area (Å²) in [6, 6.07) is 9.11. The molecule has 1 aromatic carbocycles. The van der Waals surface area contributed by atoms with Crippen LogP contribution in [0.4, 0.5) is 5.69 Å². The van der Waals surface area contributed by atoms with Gasteiger partial charge in [-0.15, -0.1) is 10.2 Å². The van der Waals surface area contributed by atoms with Gasteiger partial charge in [0.25, 0.3) is 0 Å². The first-order valence-corrected chi connectivity index (χ1v) is 6.52. The maximum Gasteiger partial charge on any atom is 0.238 e. The zero-order chi connectivity index (χ0) is 13.9. The molecule has 20 heavy (non-hydrogen) atoms. The average molecular weight is 284 g/mol. The van der Waals surface area contributed by atoms with Crippen LogP contribution in [0.5, 0.6) is 0 Å².